The zero-order chi connectivity index (χ0) is 11.8. The van der Waals surface area contributed by atoms with Crippen molar-refractivity contribution in [3.8, 4) is 0 Å². The Morgan fingerprint density at radius 2 is 2.19 bits per heavy atom. The first-order valence-electron chi connectivity index (χ1n) is 5.57. The van der Waals surface area contributed by atoms with Gasteiger partial charge in [0.25, 0.3) is 0 Å². The minimum atomic E-state index is -0.779. The standard InChI is InChI=1S/C13H15ClO2/c1-9-5-4-8-13(9,12(15)16)10-6-2-3-7-11(10)14/h2-3,6-7,9H,4-5,8H2,1H3,(H,15,16). The smallest absolute Gasteiger partial charge is 0.314 e. The molecule has 0 heterocycles. The van der Waals surface area contributed by atoms with Crippen molar-refractivity contribution in [3.05, 3.63) is 34.9 Å². The molecule has 1 aromatic rings. The van der Waals surface area contributed by atoms with E-state index in [1.165, 1.54) is 0 Å². The molecule has 0 spiro atoms. The molecule has 1 aliphatic rings. The van der Waals surface area contributed by atoms with Crippen molar-refractivity contribution in [1.29, 1.82) is 0 Å². The Morgan fingerprint density at radius 1 is 1.50 bits per heavy atom. The number of benzene rings is 1. The van der Waals surface area contributed by atoms with Crippen LogP contribution in [0.5, 0.6) is 0 Å². The van der Waals surface area contributed by atoms with Crippen LogP contribution in [0.4, 0.5) is 0 Å². The summed E-state index contributed by atoms with van der Waals surface area (Å²) in [6.07, 6.45) is 2.60. The van der Waals surface area contributed by atoms with Gasteiger partial charge in [-0.05, 0) is 30.4 Å². The maximum atomic E-state index is 11.6. The molecule has 2 atom stereocenters. The number of halogens is 1. The quantitative estimate of drug-likeness (QED) is 0.857. The largest absolute Gasteiger partial charge is 0.481 e. The van der Waals surface area contributed by atoms with Gasteiger partial charge in [0, 0.05) is 5.02 Å². The van der Waals surface area contributed by atoms with Crippen molar-refractivity contribution in [2.24, 2.45) is 5.92 Å². The summed E-state index contributed by atoms with van der Waals surface area (Å²) in [6.45, 7) is 2.00. The molecule has 1 saturated carbocycles. The molecule has 2 nitrogen and oxygen atoms in total. The Bertz CT molecular complexity index is 416. The van der Waals surface area contributed by atoms with Crippen molar-refractivity contribution in [1.82, 2.24) is 0 Å². The Kier molecular flexibility index (Phi) is 2.94. The van der Waals surface area contributed by atoms with Gasteiger partial charge >= 0.3 is 5.97 Å². The number of rotatable bonds is 2. The van der Waals surface area contributed by atoms with Gasteiger partial charge in [0.05, 0.1) is 5.41 Å². The molecule has 1 N–H and O–H groups in total. The molecule has 1 aromatic carbocycles. The number of hydrogen-bond acceptors (Lipinski definition) is 1. The molecule has 0 amide bonds. The van der Waals surface area contributed by atoms with Gasteiger partial charge in [-0.3, -0.25) is 4.79 Å². The highest BCUT2D eigenvalue weighted by molar-refractivity contribution is 6.31. The lowest BCUT2D eigenvalue weighted by Gasteiger charge is -2.30. The average molecular weight is 239 g/mol. The molecular weight excluding hydrogens is 224 g/mol. The van der Waals surface area contributed by atoms with Crippen LogP contribution in [0.1, 0.15) is 31.7 Å². The summed E-state index contributed by atoms with van der Waals surface area (Å²) in [7, 11) is 0. The molecule has 2 rings (SSSR count). The Morgan fingerprint density at radius 3 is 2.69 bits per heavy atom. The molecule has 1 fully saturated rings. The van der Waals surface area contributed by atoms with E-state index >= 15 is 0 Å². The van der Waals surface area contributed by atoms with Gasteiger partial charge in [-0.15, -0.1) is 0 Å². The van der Waals surface area contributed by atoms with Crippen LogP contribution in [0.25, 0.3) is 0 Å². The summed E-state index contributed by atoms with van der Waals surface area (Å²) in [5.74, 6) is -0.601. The van der Waals surface area contributed by atoms with E-state index in [1.807, 2.05) is 25.1 Å². The van der Waals surface area contributed by atoms with Gasteiger partial charge in [-0.2, -0.15) is 0 Å². The number of carboxylic acids is 1. The second-order valence-corrected chi connectivity index (χ2v) is 4.96. The number of aliphatic carboxylic acids is 1. The predicted molar refractivity (Wildman–Crippen MR) is 63.8 cm³/mol. The van der Waals surface area contributed by atoms with E-state index < -0.39 is 11.4 Å². The number of carbonyl (C=O) groups is 1. The van der Waals surface area contributed by atoms with Crippen LogP contribution < -0.4 is 0 Å². The van der Waals surface area contributed by atoms with E-state index in [4.69, 9.17) is 11.6 Å². The number of carboxylic acid groups (broad SMARTS) is 1. The molecule has 0 saturated heterocycles. The normalized spacial score (nSPS) is 29.2. The number of hydrogen-bond donors (Lipinski definition) is 1. The van der Waals surface area contributed by atoms with E-state index in [-0.39, 0.29) is 5.92 Å². The monoisotopic (exact) mass is 238 g/mol. The van der Waals surface area contributed by atoms with Crippen LogP contribution >= 0.6 is 11.6 Å². The van der Waals surface area contributed by atoms with Gasteiger partial charge in [0.2, 0.25) is 0 Å². The minimum absolute atomic E-state index is 0.143. The van der Waals surface area contributed by atoms with E-state index in [9.17, 15) is 9.90 Å². The van der Waals surface area contributed by atoms with Gasteiger partial charge in [-0.1, -0.05) is 43.1 Å². The predicted octanol–water partition coefficient (Wildman–Crippen LogP) is 3.48. The molecular formula is C13H15ClO2. The van der Waals surface area contributed by atoms with Crippen molar-refractivity contribution in [2.75, 3.05) is 0 Å². The molecule has 16 heavy (non-hydrogen) atoms. The molecule has 3 heteroatoms. The molecule has 0 aliphatic heterocycles. The van der Waals surface area contributed by atoms with Crippen LogP contribution in [-0.2, 0) is 10.2 Å². The molecule has 1 aliphatic carbocycles. The van der Waals surface area contributed by atoms with Crippen LogP contribution in [-0.4, -0.2) is 11.1 Å². The third-order valence-corrected chi connectivity index (χ3v) is 4.12. The molecule has 0 bridgehead atoms. The van der Waals surface area contributed by atoms with Crippen molar-refractivity contribution in [3.63, 3.8) is 0 Å². The van der Waals surface area contributed by atoms with Crippen molar-refractivity contribution in [2.45, 2.75) is 31.6 Å². The third kappa shape index (κ3) is 1.52. The van der Waals surface area contributed by atoms with Crippen molar-refractivity contribution < 1.29 is 9.90 Å². The lowest BCUT2D eigenvalue weighted by atomic mass is 9.73. The summed E-state index contributed by atoms with van der Waals surface area (Å²) < 4.78 is 0. The first-order chi connectivity index (χ1) is 7.59. The van der Waals surface area contributed by atoms with E-state index in [0.29, 0.717) is 11.4 Å². The van der Waals surface area contributed by atoms with Crippen LogP contribution in [0.15, 0.2) is 24.3 Å². The molecule has 2 unspecified atom stereocenters. The maximum Gasteiger partial charge on any atom is 0.314 e. The van der Waals surface area contributed by atoms with Gasteiger partial charge in [0.1, 0.15) is 0 Å². The highest BCUT2D eigenvalue weighted by atomic mass is 35.5. The van der Waals surface area contributed by atoms with Crippen LogP contribution in [0, 0.1) is 5.92 Å². The molecule has 0 radical (unpaired) electrons. The van der Waals surface area contributed by atoms with E-state index in [0.717, 1.165) is 18.4 Å². The highest BCUT2D eigenvalue weighted by Gasteiger charge is 2.49. The zero-order valence-corrected chi connectivity index (χ0v) is 10.00. The topological polar surface area (TPSA) is 37.3 Å². The summed E-state index contributed by atoms with van der Waals surface area (Å²) in [5.41, 5.74) is -0.00704. The average Bonchev–Trinajstić information content (AvgIpc) is 2.62. The first kappa shape index (κ1) is 11.5. The summed E-state index contributed by atoms with van der Waals surface area (Å²) in [6, 6.07) is 7.31. The molecule has 86 valence electrons. The zero-order valence-electron chi connectivity index (χ0n) is 9.24. The summed E-state index contributed by atoms with van der Waals surface area (Å²) in [5, 5.41) is 10.1. The Balaban J connectivity index is 2.57. The lowest BCUT2D eigenvalue weighted by Crippen LogP contribution is -2.38. The molecule has 0 aromatic heterocycles. The second-order valence-electron chi connectivity index (χ2n) is 4.55. The second kappa shape index (κ2) is 4.10. The van der Waals surface area contributed by atoms with Crippen LogP contribution in [0.3, 0.4) is 0 Å². The fourth-order valence-corrected chi connectivity index (χ4v) is 3.14. The first-order valence-corrected chi connectivity index (χ1v) is 5.95. The van der Waals surface area contributed by atoms with Crippen molar-refractivity contribution >= 4 is 17.6 Å². The summed E-state index contributed by atoms with van der Waals surface area (Å²) in [4.78, 5) is 11.6. The lowest BCUT2D eigenvalue weighted by molar-refractivity contribution is -0.145. The van der Waals surface area contributed by atoms with Gasteiger partial charge < -0.3 is 5.11 Å². The van der Waals surface area contributed by atoms with Crippen LogP contribution in [0.2, 0.25) is 5.02 Å². The maximum absolute atomic E-state index is 11.6. The minimum Gasteiger partial charge on any atom is -0.481 e. The Hall–Kier alpha value is -1.02. The SMILES string of the molecule is CC1CCCC1(C(=O)O)c1ccccc1Cl. The fourth-order valence-electron chi connectivity index (χ4n) is 2.84. The highest BCUT2D eigenvalue weighted by Crippen LogP contribution is 2.47. The van der Waals surface area contributed by atoms with Gasteiger partial charge in [-0.25, -0.2) is 0 Å². The van der Waals surface area contributed by atoms with Gasteiger partial charge in [0.15, 0.2) is 0 Å². The van der Waals surface area contributed by atoms with E-state index in [2.05, 4.69) is 0 Å². The fraction of sp³-hybridized carbons (Fsp3) is 0.462. The third-order valence-electron chi connectivity index (χ3n) is 3.79. The Labute approximate surface area is 100 Å². The summed E-state index contributed by atoms with van der Waals surface area (Å²) >= 11 is 6.14. The van der Waals surface area contributed by atoms with E-state index in [1.54, 1.807) is 6.07 Å².